The van der Waals surface area contributed by atoms with E-state index >= 15 is 0 Å². The van der Waals surface area contributed by atoms with Crippen LogP contribution in [0.4, 0.5) is 0 Å². The molecule has 0 aliphatic heterocycles. The van der Waals surface area contributed by atoms with E-state index in [9.17, 15) is 0 Å². The number of hydrogen-bond donors (Lipinski definition) is 0. The van der Waals surface area contributed by atoms with Gasteiger partial charge < -0.3 is 9.47 Å². The third kappa shape index (κ3) is 2.75. The number of nitrogens with zero attached hydrogens (tertiary/aromatic N) is 4. The second-order valence-electron chi connectivity index (χ2n) is 5.92. The molecule has 0 radical (unpaired) electrons. The molecule has 6 nitrogen and oxygen atoms in total. The van der Waals surface area contributed by atoms with Crippen LogP contribution in [0.3, 0.4) is 0 Å². The zero-order chi connectivity index (χ0) is 18.1. The van der Waals surface area contributed by atoms with Crippen LogP contribution in [0.15, 0.2) is 55.1 Å². The van der Waals surface area contributed by atoms with Crippen molar-refractivity contribution in [3.63, 3.8) is 0 Å². The zero-order valence-electron chi connectivity index (χ0n) is 14.8. The van der Waals surface area contributed by atoms with E-state index < -0.39 is 0 Å². The molecule has 0 aliphatic rings. The van der Waals surface area contributed by atoms with Gasteiger partial charge in [0.15, 0.2) is 11.5 Å². The van der Waals surface area contributed by atoms with Crippen LogP contribution in [0.1, 0.15) is 0 Å². The number of aromatic nitrogens is 4. The molecule has 0 fully saturated rings. The summed E-state index contributed by atoms with van der Waals surface area (Å²) in [5, 5.41) is 5.25. The van der Waals surface area contributed by atoms with Gasteiger partial charge in [-0.2, -0.15) is 5.10 Å². The minimum Gasteiger partial charge on any atom is -0.493 e. The summed E-state index contributed by atoms with van der Waals surface area (Å²) >= 11 is 0. The van der Waals surface area contributed by atoms with Crippen LogP contribution in [0, 0.1) is 0 Å². The van der Waals surface area contributed by atoms with Crippen LogP contribution in [0.25, 0.3) is 33.3 Å². The fraction of sp³-hybridized carbons (Fsp3) is 0.150. The number of fused-ring (bicyclic) bond motifs is 1. The fourth-order valence-electron chi connectivity index (χ4n) is 3.02. The topological polar surface area (TPSA) is 62.1 Å². The predicted octanol–water partition coefficient (Wildman–Crippen LogP) is 3.71. The third-order valence-electron chi connectivity index (χ3n) is 4.31. The molecule has 26 heavy (non-hydrogen) atoms. The lowest BCUT2D eigenvalue weighted by atomic mass is 9.99. The Bertz CT molecular complexity index is 1070. The highest BCUT2D eigenvalue weighted by Gasteiger charge is 2.14. The van der Waals surface area contributed by atoms with E-state index in [0.29, 0.717) is 11.5 Å². The molecule has 0 aliphatic carbocycles. The van der Waals surface area contributed by atoms with Crippen molar-refractivity contribution in [3.05, 3.63) is 55.1 Å². The Hall–Kier alpha value is -3.41. The van der Waals surface area contributed by atoms with E-state index in [4.69, 9.17) is 14.5 Å². The summed E-state index contributed by atoms with van der Waals surface area (Å²) < 4.78 is 12.7. The molecule has 0 N–H and O–H groups in total. The Morgan fingerprint density at radius 2 is 1.65 bits per heavy atom. The van der Waals surface area contributed by atoms with Crippen molar-refractivity contribution in [2.45, 2.75) is 0 Å². The summed E-state index contributed by atoms with van der Waals surface area (Å²) in [6, 6.07) is 9.90. The van der Waals surface area contributed by atoms with Gasteiger partial charge in [-0.15, -0.1) is 0 Å². The van der Waals surface area contributed by atoms with Gasteiger partial charge in [0.2, 0.25) is 0 Å². The van der Waals surface area contributed by atoms with Crippen LogP contribution in [0.2, 0.25) is 0 Å². The summed E-state index contributed by atoms with van der Waals surface area (Å²) in [6.45, 7) is 0. The maximum atomic E-state index is 5.47. The Labute approximate surface area is 151 Å². The maximum absolute atomic E-state index is 5.47. The first-order valence-corrected chi connectivity index (χ1v) is 8.16. The molecular weight excluding hydrogens is 328 g/mol. The first-order chi connectivity index (χ1) is 12.7. The maximum Gasteiger partial charge on any atom is 0.162 e. The normalized spacial score (nSPS) is 10.9. The molecule has 0 bridgehead atoms. The molecule has 3 heterocycles. The number of methoxy groups -OCH3 is 2. The summed E-state index contributed by atoms with van der Waals surface area (Å²) in [5.74, 6) is 1.32. The van der Waals surface area contributed by atoms with Crippen LogP contribution in [0.5, 0.6) is 11.5 Å². The quantitative estimate of drug-likeness (QED) is 0.564. The van der Waals surface area contributed by atoms with Gasteiger partial charge in [0, 0.05) is 42.7 Å². The monoisotopic (exact) mass is 346 g/mol. The van der Waals surface area contributed by atoms with E-state index in [2.05, 4.69) is 16.1 Å². The molecular formula is C20H18N4O2. The van der Waals surface area contributed by atoms with Gasteiger partial charge in [0.1, 0.15) is 0 Å². The summed E-state index contributed by atoms with van der Waals surface area (Å²) in [7, 11) is 5.15. The van der Waals surface area contributed by atoms with E-state index in [1.165, 1.54) is 0 Å². The van der Waals surface area contributed by atoms with Gasteiger partial charge in [-0.05, 0) is 35.4 Å². The Morgan fingerprint density at radius 3 is 2.31 bits per heavy atom. The summed E-state index contributed by atoms with van der Waals surface area (Å²) in [5.41, 5.74) is 4.75. The van der Waals surface area contributed by atoms with Crippen LogP contribution in [-0.4, -0.2) is 34.0 Å². The number of hydrogen-bond acceptors (Lipinski definition) is 5. The lowest BCUT2D eigenvalue weighted by Gasteiger charge is -2.13. The van der Waals surface area contributed by atoms with Crippen LogP contribution >= 0.6 is 0 Å². The molecule has 4 aromatic rings. The molecule has 0 unspecified atom stereocenters. The lowest BCUT2D eigenvalue weighted by Crippen LogP contribution is -1.94. The highest BCUT2D eigenvalue weighted by atomic mass is 16.5. The van der Waals surface area contributed by atoms with E-state index in [-0.39, 0.29) is 0 Å². The van der Waals surface area contributed by atoms with E-state index in [0.717, 1.165) is 33.3 Å². The molecule has 3 aromatic heterocycles. The van der Waals surface area contributed by atoms with Gasteiger partial charge >= 0.3 is 0 Å². The Kier molecular flexibility index (Phi) is 4.01. The van der Waals surface area contributed by atoms with Crippen molar-refractivity contribution in [1.82, 2.24) is 19.7 Å². The number of benzene rings is 1. The van der Waals surface area contributed by atoms with Gasteiger partial charge in [-0.25, -0.2) is 4.98 Å². The average molecular weight is 346 g/mol. The van der Waals surface area contributed by atoms with Gasteiger partial charge in [-0.1, -0.05) is 0 Å². The molecule has 130 valence electrons. The highest BCUT2D eigenvalue weighted by molar-refractivity contribution is 5.98. The van der Waals surface area contributed by atoms with Gasteiger partial charge in [-0.3, -0.25) is 9.67 Å². The molecule has 0 spiro atoms. The summed E-state index contributed by atoms with van der Waals surface area (Å²) in [4.78, 5) is 8.95. The van der Waals surface area contributed by atoms with E-state index in [1.807, 2.05) is 43.7 Å². The fourth-order valence-corrected chi connectivity index (χ4v) is 3.02. The third-order valence-corrected chi connectivity index (χ3v) is 4.31. The zero-order valence-corrected chi connectivity index (χ0v) is 14.8. The molecule has 0 saturated heterocycles. The van der Waals surface area contributed by atoms with E-state index in [1.54, 1.807) is 31.3 Å². The number of pyridine rings is 2. The standard InChI is InChI=1S/C20H18N4O2/c1-24-12-14(11-22-24)17-8-15(13-4-6-21-7-5-13)16-9-19(25-2)20(26-3)10-18(16)23-17/h4-12H,1-3H3. The lowest BCUT2D eigenvalue weighted by molar-refractivity contribution is 0.356. The van der Waals surface area contributed by atoms with Gasteiger partial charge in [0.05, 0.1) is 31.6 Å². The Balaban J connectivity index is 2.04. The predicted molar refractivity (Wildman–Crippen MR) is 100 cm³/mol. The number of ether oxygens (including phenoxy) is 2. The first kappa shape index (κ1) is 16.1. The molecule has 4 rings (SSSR count). The molecule has 0 atom stereocenters. The van der Waals surface area contributed by atoms with Crippen molar-refractivity contribution in [1.29, 1.82) is 0 Å². The van der Waals surface area contributed by atoms with Crippen LogP contribution < -0.4 is 9.47 Å². The molecule has 0 amide bonds. The van der Waals surface area contributed by atoms with Gasteiger partial charge in [0.25, 0.3) is 0 Å². The first-order valence-electron chi connectivity index (χ1n) is 8.16. The SMILES string of the molecule is COc1cc2nc(-c3cnn(C)c3)cc(-c3ccncc3)c2cc1OC. The average Bonchev–Trinajstić information content (AvgIpc) is 3.13. The summed E-state index contributed by atoms with van der Waals surface area (Å²) in [6.07, 6.45) is 7.33. The van der Waals surface area contributed by atoms with Crippen LogP contribution in [-0.2, 0) is 7.05 Å². The number of aryl methyl sites for hydroxylation is 1. The van der Waals surface area contributed by atoms with Crippen molar-refractivity contribution >= 4 is 10.9 Å². The highest BCUT2D eigenvalue weighted by Crippen LogP contribution is 2.38. The molecule has 6 heteroatoms. The number of rotatable bonds is 4. The molecule has 0 saturated carbocycles. The Morgan fingerprint density at radius 1 is 0.923 bits per heavy atom. The second kappa shape index (κ2) is 6.48. The van der Waals surface area contributed by atoms with Crippen molar-refractivity contribution < 1.29 is 9.47 Å². The molecule has 1 aromatic carbocycles. The minimum absolute atomic E-state index is 0.650. The van der Waals surface area contributed by atoms with Crippen molar-refractivity contribution in [2.75, 3.05) is 14.2 Å². The second-order valence-corrected chi connectivity index (χ2v) is 5.92. The smallest absolute Gasteiger partial charge is 0.162 e. The minimum atomic E-state index is 0.650. The van der Waals surface area contributed by atoms with Crippen molar-refractivity contribution in [2.24, 2.45) is 7.05 Å². The van der Waals surface area contributed by atoms with Crippen molar-refractivity contribution in [3.8, 4) is 33.9 Å². The largest absolute Gasteiger partial charge is 0.493 e.